The molecule has 11 heteroatoms. The van der Waals surface area contributed by atoms with Crippen LogP contribution in [0.15, 0.2) is 51.4 Å². The maximum atomic E-state index is 13.8. The summed E-state index contributed by atoms with van der Waals surface area (Å²) in [5.74, 6) is 0.626. The molecule has 1 aromatic carbocycles. The summed E-state index contributed by atoms with van der Waals surface area (Å²) in [7, 11) is 3.01. The summed E-state index contributed by atoms with van der Waals surface area (Å²) < 4.78 is 49.8. The van der Waals surface area contributed by atoms with E-state index < -0.39 is 11.7 Å². The maximum absolute atomic E-state index is 13.8. The Morgan fingerprint density at radius 1 is 1.21 bits per heavy atom. The van der Waals surface area contributed by atoms with E-state index in [0.29, 0.717) is 44.1 Å². The van der Waals surface area contributed by atoms with E-state index in [1.54, 1.807) is 26.1 Å². The molecule has 0 saturated carbocycles. The van der Waals surface area contributed by atoms with Crippen molar-refractivity contribution < 1.29 is 17.9 Å². The fraction of sp³-hybridized carbons (Fsp3) is 0.182. The van der Waals surface area contributed by atoms with Crippen molar-refractivity contribution in [2.75, 3.05) is 18.9 Å². The molecule has 0 aliphatic heterocycles. The molecule has 33 heavy (non-hydrogen) atoms. The van der Waals surface area contributed by atoms with Crippen LogP contribution in [0.1, 0.15) is 16.8 Å². The molecule has 0 spiro atoms. The number of ether oxygens (including phenoxy) is 1. The van der Waals surface area contributed by atoms with Crippen molar-refractivity contribution in [3.63, 3.8) is 0 Å². The van der Waals surface area contributed by atoms with Gasteiger partial charge in [-0.2, -0.15) is 13.2 Å². The molecular formula is C22H19ClF3N5OS. The normalized spacial score (nSPS) is 11.6. The van der Waals surface area contributed by atoms with Crippen molar-refractivity contribution in [3.8, 4) is 17.0 Å². The van der Waals surface area contributed by atoms with Crippen LogP contribution in [0.4, 0.5) is 24.7 Å². The Hall–Kier alpha value is -3.11. The van der Waals surface area contributed by atoms with Crippen molar-refractivity contribution in [2.24, 2.45) is 9.98 Å². The van der Waals surface area contributed by atoms with E-state index >= 15 is 0 Å². The highest BCUT2D eigenvalue weighted by atomic mass is 35.5. The summed E-state index contributed by atoms with van der Waals surface area (Å²) in [4.78, 5) is 16.7. The monoisotopic (exact) mass is 493 g/mol. The number of aliphatic imine (C=N–C) groups is 2. The SMILES string of the molecule is C=Nc1nc(C)c(-c2cc(NSc3cc(Cl)cnc3OC)ccc2C(F)(F)F)cc1C=NC. The predicted octanol–water partition coefficient (Wildman–Crippen LogP) is 6.63. The number of hydrogen-bond donors (Lipinski definition) is 1. The van der Waals surface area contributed by atoms with Crippen LogP contribution in [0.25, 0.3) is 11.1 Å². The van der Waals surface area contributed by atoms with E-state index in [9.17, 15) is 13.2 Å². The number of nitrogens with zero attached hydrogens (tertiary/aromatic N) is 4. The molecular weight excluding hydrogens is 475 g/mol. The molecule has 0 radical (unpaired) electrons. The van der Waals surface area contributed by atoms with Gasteiger partial charge >= 0.3 is 6.18 Å². The summed E-state index contributed by atoms with van der Waals surface area (Å²) in [5, 5.41) is 0.399. The number of halogens is 4. The largest absolute Gasteiger partial charge is 0.480 e. The third kappa shape index (κ3) is 5.63. The predicted molar refractivity (Wildman–Crippen MR) is 127 cm³/mol. The molecule has 172 valence electrons. The molecule has 3 rings (SSSR count). The second kappa shape index (κ2) is 10.2. The van der Waals surface area contributed by atoms with Gasteiger partial charge in [0, 0.05) is 42.0 Å². The molecule has 1 N–H and O–H groups in total. The van der Waals surface area contributed by atoms with Gasteiger partial charge in [-0.1, -0.05) is 11.6 Å². The second-order valence-corrected chi connectivity index (χ2v) is 7.99. The molecule has 0 aliphatic carbocycles. The Morgan fingerprint density at radius 3 is 2.61 bits per heavy atom. The number of benzene rings is 1. The van der Waals surface area contributed by atoms with Crippen LogP contribution in [0, 0.1) is 6.92 Å². The number of alkyl halides is 3. The summed E-state index contributed by atoms with van der Waals surface area (Å²) >= 11 is 7.11. The smallest absolute Gasteiger partial charge is 0.417 e. The maximum Gasteiger partial charge on any atom is 0.417 e. The number of anilines is 1. The minimum Gasteiger partial charge on any atom is -0.480 e. The molecule has 2 aromatic heterocycles. The van der Waals surface area contributed by atoms with Crippen LogP contribution in [0.3, 0.4) is 0 Å². The minimum absolute atomic E-state index is 0.0318. The van der Waals surface area contributed by atoms with Gasteiger partial charge in [-0.25, -0.2) is 15.0 Å². The van der Waals surface area contributed by atoms with E-state index in [2.05, 4.69) is 31.4 Å². The molecule has 0 bridgehead atoms. The van der Waals surface area contributed by atoms with Gasteiger partial charge in [-0.15, -0.1) is 0 Å². The first-order valence-electron chi connectivity index (χ1n) is 9.42. The lowest BCUT2D eigenvalue weighted by Gasteiger charge is -2.17. The fourth-order valence-electron chi connectivity index (χ4n) is 3.07. The van der Waals surface area contributed by atoms with Crippen LogP contribution < -0.4 is 9.46 Å². The average molecular weight is 494 g/mol. The van der Waals surface area contributed by atoms with E-state index in [1.807, 2.05) is 0 Å². The van der Waals surface area contributed by atoms with Crippen molar-refractivity contribution in [3.05, 3.63) is 58.4 Å². The summed E-state index contributed by atoms with van der Waals surface area (Å²) in [5.41, 5.74) is 0.756. The highest BCUT2D eigenvalue weighted by molar-refractivity contribution is 8.00. The van der Waals surface area contributed by atoms with Crippen molar-refractivity contribution in [1.29, 1.82) is 0 Å². The molecule has 0 aliphatic rings. The lowest BCUT2D eigenvalue weighted by atomic mass is 9.96. The molecule has 2 heterocycles. The van der Waals surface area contributed by atoms with Gasteiger partial charge in [0.2, 0.25) is 5.88 Å². The van der Waals surface area contributed by atoms with Gasteiger partial charge in [-0.05, 0) is 61.5 Å². The number of nitrogens with one attached hydrogen (secondary N) is 1. The number of aromatic nitrogens is 2. The lowest BCUT2D eigenvalue weighted by Crippen LogP contribution is -2.08. The Morgan fingerprint density at radius 2 is 1.97 bits per heavy atom. The van der Waals surface area contributed by atoms with Gasteiger partial charge in [0.25, 0.3) is 0 Å². The zero-order chi connectivity index (χ0) is 24.2. The quantitative estimate of drug-likeness (QED) is 0.295. The van der Waals surface area contributed by atoms with Gasteiger partial charge in [0.15, 0.2) is 5.82 Å². The standard InChI is InChI=1S/C22H19ClF3N5OS/c1-12-16(7-13(10-27-2)20(28-3)30-12)17-9-15(5-6-18(17)22(24,25)26)31-33-19-8-14(23)11-29-21(19)32-4/h5-11,31H,3H2,1-2,4H3. The first-order chi connectivity index (χ1) is 15.7. The summed E-state index contributed by atoms with van der Waals surface area (Å²) in [6.07, 6.45) is -1.65. The third-order valence-corrected chi connectivity index (χ3v) is 5.57. The third-order valence-electron chi connectivity index (χ3n) is 4.51. The Bertz CT molecular complexity index is 1220. The number of aryl methyl sites for hydroxylation is 1. The molecule has 0 saturated heterocycles. The average Bonchev–Trinajstić information content (AvgIpc) is 2.78. The number of hydrogen-bond acceptors (Lipinski definition) is 7. The van der Waals surface area contributed by atoms with Crippen LogP contribution in [0.5, 0.6) is 5.88 Å². The second-order valence-electron chi connectivity index (χ2n) is 6.70. The zero-order valence-electron chi connectivity index (χ0n) is 17.9. The molecule has 3 aromatic rings. The molecule has 0 unspecified atom stereocenters. The number of rotatable bonds is 7. The van der Waals surface area contributed by atoms with Crippen molar-refractivity contribution in [1.82, 2.24) is 9.97 Å². The number of pyridine rings is 2. The van der Waals surface area contributed by atoms with Crippen LogP contribution in [-0.4, -0.2) is 37.1 Å². The highest BCUT2D eigenvalue weighted by Crippen LogP contribution is 2.41. The molecule has 0 fully saturated rings. The number of methoxy groups -OCH3 is 1. The molecule has 0 atom stereocenters. The summed E-state index contributed by atoms with van der Waals surface area (Å²) in [6, 6.07) is 7.00. The Labute approximate surface area is 198 Å². The minimum atomic E-state index is -4.57. The van der Waals surface area contributed by atoms with E-state index in [0.717, 1.165) is 18.0 Å². The van der Waals surface area contributed by atoms with Gasteiger partial charge in [-0.3, -0.25) is 4.99 Å². The van der Waals surface area contributed by atoms with E-state index in [4.69, 9.17) is 16.3 Å². The first-order valence-corrected chi connectivity index (χ1v) is 10.6. The zero-order valence-corrected chi connectivity index (χ0v) is 19.4. The van der Waals surface area contributed by atoms with Crippen LogP contribution in [-0.2, 0) is 6.18 Å². The van der Waals surface area contributed by atoms with E-state index in [-0.39, 0.29) is 5.56 Å². The molecule has 0 amide bonds. The lowest BCUT2D eigenvalue weighted by molar-refractivity contribution is -0.137. The van der Waals surface area contributed by atoms with Crippen molar-refractivity contribution in [2.45, 2.75) is 18.0 Å². The van der Waals surface area contributed by atoms with Gasteiger partial charge < -0.3 is 9.46 Å². The van der Waals surface area contributed by atoms with Gasteiger partial charge in [0.05, 0.1) is 22.6 Å². The Balaban J connectivity index is 2.08. The van der Waals surface area contributed by atoms with Crippen LogP contribution >= 0.6 is 23.5 Å². The topological polar surface area (TPSA) is 71.8 Å². The van der Waals surface area contributed by atoms with Crippen LogP contribution in [0.2, 0.25) is 5.02 Å². The fourth-order valence-corrected chi connectivity index (χ4v) is 4.05. The van der Waals surface area contributed by atoms with E-state index in [1.165, 1.54) is 31.7 Å². The summed E-state index contributed by atoms with van der Waals surface area (Å²) in [6.45, 7) is 5.09. The first kappa shape index (κ1) is 24.5. The Kier molecular flexibility index (Phi) is 7.60. The highest BCUT2D eigenvalue weighted by Gasteiger charge is 2.34. The molecule has 6 nitrogen and oxygen atoms in total. The van der Waals surface area contributed by atoms with Crippen molar-refractivity contribution >= 4 is 48.0 Å². The van der Waals surface area contributed by atoms with Gasteiger partial charge in [0.1, 0.15) is 0 Å².